The molecule has 0 radical (unpaired) electrons. The first kappa shape index (κ1) is 42.5. The molecule has 340 valence electrons. The fourth-order valence-electron chi connectivity index (χ4n) is 12.6. The summed E-state index contributed by atoms with van der Waals surface area (Å²) in [6, 6.07) is 80.5. The van der Waals surface area contributed by atoms with E-state index in [1.807, 2.05) is 0 Å². The van der Waals surface area contributed by atoms with Crippen LogP contribution in [-0.2, 0) is 10.8 Å². The predicted molar refractivity (Wildman–Crippen MR) is 298 cm³/mol. The molecule has 3 nitrogen and oxygen atoms in total. The highest BCUT2D eigenvalue weighted by Crippen LogP contribution is 2.49. The van der Waals surface area contributed by atoms with Crippen molar-refractivity contribution >= 4 is 79.0 Å². The Balaban J connectivity index is 1.11. The largest absolute Gasteiger partial charge is 0.311 e. The number of benzene rings is 9. The molecule has 0 saturated heterocycles. The van der Waals surface area contributed by atoms with Gasteiger partial charge in [-0.3, -0.25) is 0 Å². The molecule has 9 aromatic carbocycles. The second kappa shape index (κ2) is 16.6. The van der Waals surface area contributed by atoms with Crippen LogP contribution in [0.1, 0.15) is 93.5 Å². The van der Waals surface area contributed by atoms with Gasteiger partial charge in [-0.25, -0.2) is 0 Å². The van der Waals surface area contributed by atoms with Crippen LogP contribution in [0.2, 0.25) is 0 Å². The highest BCUT2D eigenvalue weighted by molar-refractivity contribution is 7.00. The van der Waals surface area contributed by atoms with Gasteiger partial charge in [0.05, 0.1) is 11.0 Å². The zero-order valence-corrected chi connectivity index (χ0v) is 40.7. The summed E-state index contributed by atoms with van der Waals surface area (Å²) in [5.74, 6) is 0.492. The first-order chi connectivity index (χ1) is 34.3. The van der Waals surface area contributed by atoms with Crippen molar-refractivity contribution in [1.29, 1.82) is 0 Å². The molecule has 0 unspecified atom stereocenters. The van der Waals surface area contributed by atoms with E-state index in [-0.39, 0.29) is 17.5 Å². The molecular weight excluding hydrogens is 846 g/mol. The highest BCUT2D eigenvalue weighted by Gasteiger charge is 2.45. The predicted octanol–water partition coefficient (Wildman–Crippen LogP) is 15.6. The van der Waals surface area contributed by atoms with Crippen LogP contribution in [0, 0.1) is 0 Å². The van der Waals surface area contributed by atoms with E-state index in [0.29, 0.717) is 5.92 Å². The fourth-order valence-corrected chi connectivity index (χ4v) is 12.6. The van der Waals surface area contributed by atoms with Crippen LogP contribution in [0.15, 0.2) is 212 Å². The fraction of sp³-hybridized carbons (Fsp3) is 0.182. The average molecular weight is 904 g/mol. The van der Waals surface area contributed by atoms with Gasteiger partial charge < -0.3 is 14.4 Å². The van der Waals surface area contributed by atoms with Gasteiger partial charge in [-0.05, 0) is 130 Å². The Hall–Kier alpha value is -7.56. The number of fused-ring (bicyclic) bond motifs is 7. The van der Waals surface area contributed by atoms with Crippen LogP contribution in [0.3, 0.4) is 0 Å². The van der Waals surface area contributed by atoms with Crippen LogP contribution in [0.5, 0.6) is 0 Å². The van der Waals surface area contributed by atoms with Crippen molar-refractivity contribution in [2.24, 2.45) is 0 Å². The van der Waals surface area contributed by atoms with E-state index < -0.39 is 0 Å². The number of hydrogen-bond acceptors (Lipinski definition) is 2. The molecule has 1 aliphatic carbocycles. The molecule has 10 aromatic rings. The molecule has 1 saturated carbocycles. The SMILES string of the molecule is CC(C)(c1ccccc1)c1cccc(N2c3cc(C(C)(C)c4ccccc4)ccc3B3c4ccc(-n5c6ccccc6c6ccccc65)cc4N(c4ccccc4)c4cc(C5CCCCC5)cc2c43)c1. The molecule has 1 fully saturated rings. The van der Waals surface area contributed by atoms with Crippen LogP contribution >= 0.6 is 0 Å². The molecule has 0 spiro atoms. The van der Waals surface area contributed by atoms with Gasteiger partial charge in [0.25, 0.3) is 6.71 Å². The molecule has 0 amide bonds. The van der Waals surface area contributed by atoms with E-state index in [0.717, 1.165) is 0 Å². The van der Waals surface area contributed by atoms with Crippen LogP contribution in [0.25, 0.3) is 27.5 Å². The number of anilines is 6. The average Bonchev–Trinajstić information content (AvgIpc) is 3.76. The van der Waals surface area contributed by atoms with E-state index in [2.05, 4.69) is 254 Å². The Bertz CT molecular complexity index is 3550. The first-order valence-electron chi connectivity index (χ1n) is 25.6. The van der Waals surface area contributed by atoms with Crippen LogP contribution < -0.4 is 26.2 Å². The Kier molecular flexibility index (Phi) is 10.1. The summed E-state index contributed by atoms with van der Waals surface area (Å²) in [6.07, 6.45) is 6.29. The number of hydrogen-bond donors (Lipinski definition) is 0. The van der Waals surface area contributed by atoms with Crippen LogP contribution in [-0.4, -0.2) is 11.3 Å². The number of aromatic nitrogens is 1. The molecule has 2 aliphatic heterocycles. The van der Waals surface area contributed by atoms with E-state index in [1.165, 1.54) is 138 Å². The Morgan fingerprint density at radius 2 is 0.871 bits per heavy atom. The lowest BCUT2D eigenvalue weighted by molar-refractivity contribution is 0.444. The van der Waals surface area contributed by atoms with Crippen LogP contribution in [0.4, 0.5) is 34.1 Å². The minimum Gasteiger partial charge on any atom is -0.311 e. The lowest BCUT2D eigenvalue weighted by Crippen LogP contribution is -2.61. The van der Waals surface area contributed by atoms with Crippen molar-refractivity contribution in [2.45, 2.75) is 76.5 Å². The Morgan fingerprint density at radius 1 is 0.386 bits per heavy atom. The van der Waals surface area contributed by atoms with Gasteiger partial charge in [-0.1, -0.05) is 193 Å². The zero-order chi connectivity index (χ0) is 47.1. The number of nitrogens with zero attached hydrogens (tertiary/aromatic N) is 3. The molecule has 3 heterocycles. The van der Waals surface area contributed by atoms with E-state index >= 15 is 0 Å². The topological polar surface area (TPSA) is 11.4 Å². The summed E-state index contributed by atoms with van der Waals surface area (Å²) >= 11 is 0. The van der Waals surface area contributed by atoms with Crippen molar-refractivity contribution in [3.8, 4) is 5.69 Å². The molecule has 3 aliphatic rings. The maximum Gasteiger partial charge on any atom is 0.252 e. The van der Waals surface area contributed by atoms with E-state index in [9.17, 15) is 0 Å². The minimum absolute atomic E-state index is 0.00310. The maximum absolute atomic E-state index is 2.66. The molecule has 13 rings (SSSR count). The molecule has 0 bridgehead atoms. The molecule has 0 N–H and O–H groups in total. The smallest absolute Gasteiger partial charge is 0.252 e. The summed E-state index contributed by atoms with van der Waals surface area (Å²) in [7, 11) is 0. The molecular formula is C66H58BN3. The quantitative estimate of drug-likeness (QED) is 0.141. The van der Waals surface area contributed by atoms with Gasteiger partial charge in [0.2, 0.25) is 0 Å². The Labute approximate surface area is 413 Å². The second-order valence-corrected chi connectivity index (χ2v) is 21.2. The first-order valence-corrected chi connectivity index (χ1v) is 25.6. The lowest BCUT2D eigenvalue weighted by Gasteiger charge is -2.45. The van der Waals surface area contributed by atoms with Crippen molar-refractivity contribution in [2.75, 3.05) is 9.80 Å². The molecule has 4 heteroatoms. The van der Waals surface area contributed by atoms with Gasteiger partial charge in [0.1, 0.15) is 0 Å². The van der Waals surface area contributed by atoms with Crippen molar-refractivity contribution < 1.29 is 0 Å². The third-order valence-corrected chi connectivity index (χ3v) is 16.5. The second-order valence-electron chi connectivity index (χ2n) is 21.2. The van der Waals surface area contributed by atoms with Gasteiger partial charge in [-0.2, -0.15) is 0 Å². The van der Waals surface area contributed by atoms with Crippen molar-refractivity contribution in [3.05, 3.63) is 240 Å². The van der Waals surface area contributed by atoms with E-state index in [1.54, 1.807) is 0 Å². The third-order valence-electron chi connectivity index (χ3n) is 16.5. The summed E-state index contributed by atoms with van der Waals surface area (Å²) in [4.78, 5) is 5.27. The number of rotatable bonds is 8. The third kappa shape index (κ3) is 6.71. The normalized spacial score (nSPS) is 14.7. The number of para-hydroxylation sites is 3. The summed E-state index contributed by atoms with van der Waals surface area (Å²) in [5, 5.41) is 2.55. The Morgan fingerprint density at radius 3 is 1.49 bits per heavy atom. The molecule has 1 aromatic heterocycles. The lowest BCUT2D eigenvalue weighted by atomic mass is 9.33. The standard InChI is InChI=1S/C66H58BN3/c1-65(2,47-24-11-6-12-25-47)49-28-21-31-52(42-49)70-60-43-50(66(3,4)48-26-13-7-14-27-48)36-38-56(60)67-57-39-37-53(69-58-34-19-17-32-54(58)55-33-18-20-35-59(55)69)44-61(57)68(51-29-15-8-16-30-51)62-40-46(41-63(70)64(62)67)45-22-9-5-10-23-45/h6-8,11-21,24-45H,5,9-10,22-23H2,1-4H3. The monoisotopic (exact) mass is 903 g/mol. The van der Waals surface area contributed by atoms with Gasteiger partial charge in [-0.15, -0.1) is 0 Å². The van der Waals surface area contributed by atoms with Gasteiger partial charge >= 0.3 is 0 Å². The highest BCUT2D eigenvalue weighted by atomic mass is 15.2. The molecule has 0 atom stereocenters. The minimum atomic E-state index is -0.236. The van der Waals surface area contributed by atoms with Gasteiger partial charge in [0.15, 0.2) is 0 Å². The maximum atomic E-state index is 2.66. The summed E-state index contributed by atoms with van der Waals surface area (Å²) < 4.78 is 2.48. The summed E-state index contributed by atoms with van der Waals surface area (Å²) in [5.41, 5.74) is 21.3. The van der Waals surface area contributed by atoms with Crippen molar-refractivity contribution in [1.82, 2.24) is 4.57 Å². The van der Waals surface area contributed by atoms with Crippen molar-refractivity contribution in [3.63, 3.8) is 0 Å². The van der Waals surface area contributed by atoms with Gasteiger partial charge in [0, 0.05) is 61.4 Å². The van der Waals surface area contributed by atoms with E-state index in [4.69, 9.17) is 0 Å². The zero-order valence-electron chi connectivity index (χ0n) is 40.7. The molecule has 70 heavy (non-hydrogen) atoms. The summed E-state index contributed by atoms with van der Waals surface area (Å²) in [6.45, 7) is 9.51.